The maximum atomic E-state index is 11.9. The Hall–Kier alpha value is -2.48. The zero-order valence-corrected chi connectivity index (χ0v) is 11.9. The van der Waals surface area contributed by atoms with Gasteiger partial charge >= 0.3 is 5.97 Å². The molecule has 0 aromatic heterocycles. The summed E-state index contributed by atoms with van der Waals surface area (Å²) < 4.78 is 0. The average Bonchev–Trinajstić information content (AvgIpc) is 2.47. The number of nitro benzene ring substituents is 1. The highest BCUT2D eigenvalue weighted by atomic mass is 16.6. The van der Waals surface area contributed by atoms with Crippen molar-refractivity contribution in [3.05, 3.63) is 34.4 Å². The lowest BCUT2D eigenvalue weighted by molar-refractivity contribution is -0.384. The first-order valence-corrected chi connectivity index (χ1v) is 6.95. The van der Waals surface area contributed by atoms with Gasteiger partial charge in [0.05, 0.1) is 17.4 Å². The van der Waals surface area contributed by atoms with Crippen molar-refractivity contribution < 1.29 is 19.6 Å². The van der Waals surface area contributed by atoms with Crippen molar-refractivity contribution in [2.24, 2.45) is 5.92 Å². The van der Waals surface area contributed by atoms with Gasteiger partial charge in [-0.05, 0) is 31.5 Å². The van der Waals surface area contributed by atoms with Crippen molar-refractivity contribution >= 4 is 23.3 Å². The van der Waals surface area contributed by atoms with Crippen molar-refractivity contribution in [1.29, 1.82) is 0 Å². The SMILES string of the molecule is O=C(CN1CCCC(C(=O)O)C1)Nc1ccc([N+](=O)[O-])cc1. The second kappa shape index (κ2) is 6.99. The number of carbonyl (C=O) groups excluding carboxylic acids is 1. The second-order valence-corrected chi connectivity index (χ2v) is 5.26. The largest absolute Gasteiger partial charge is 0.481 e. The predicted molar refractivity (Wildman–Crippen MR) is 78.5 cm³/mol. The van der Waals surface area contributed by atoms with Crippen LogP contribution in [0, 0.1) is 16.0 Å². The Bertz CT molecular complexity index is 572. The van der Waals surface area contributed by atoms with Gasteiger partial charge in [0.15, 0.2) is 0 Å². The molecule has 2 rings (SSSR count). The quantitative estimate of drug-likeness (QED) is 0.627. The fourth-order valence-corrected chi connectivity index (χ4v) is 2.47. The summed E-state index contributed by atoms with van der Waals surface area (Å²) in [6.45, 7) is 1.17. The molecule has 1 saturated heterocycles. The number of nitrogens with one attached hydrogen (secondary N) is 1. The normalized spacial score (nSPS) is 18.6. The van der Waals surface area contributed by atoms with Crippen LogP contribution in [0.2, 0.25) is 0 Å². The van der Waals surface area contributed by atoms with Crippen LogP contribution in [0.5, 0.6) is 0 Å². The van der Waals surface area contributed by atoms with E-state index >= 15 is 0 Å². The van der Waals surface area contributed by atoms with Crippen LogP contribution in [0.25, 0.3) is 0 Å². The van der Waals surface area contributed by atoms with Gasteiger partial charge in [-0.15, -0.1) is 0 Å². The molecule has 1 aromatic carbocycles. The molecular weight excluding hydrogens is 290 g/mol. The minimum absolute atomic E-state index is 0.0432. The first-order chi connectivity index (χ1) is 10.5. The molecule has 0 spiro atoms. The molecule has 1 aliphatic heterocycles. The van der Waals surface area contributed by atoms with E-state index in [1.165, 1.54) is 24.3 Å². The number of hydrogen-bond donors (Lipinski definition) is 2. The van der Waals surface area contributed by atoms with E-state index < -0.39 is 16.8 Å². The predicted octanol–water partition coefficient (Wildman–Crippen LogP) is 1.33. The highest BCUT2D eigenvalue weighted by Gasteiger charge is 2.26. The monoisotopic (exact) mass is 307 g/mol. The van der Waals surface area contributed by atoms with E-state index in [0.29, 0.717) is 25.2 Å². The molecular formula is C14H17N3O5. The van der Waals surface area contributed by atoms with E-state index in [4.69, 9.17) is 5.11 Å². The molecule has 118 valence electrons. The number of nitro groups is 1. The fraction of sp³-hybridized carbons (Fsp3) is 0.429. The molecule has 1 unspecified atom stereocenters. The zero-order valence-electron chi connectivity index (χ0n) is 11.9. The topological polar surface area (TPSA) is 113 Å². The molecule has 2 N–H and O–H groups in total. The number of piperidine rings is 1. The molecule has 0 bridgehead atoms. The fourth-order valence-electron chi connectivity index (χ4n) is 2.47. The number of rotatable bonds is 5. The number of amides is 1. The lowest BCUT2D eigenvalue weighted by Crippen LogP contribution is -2.42. The van der Waals surface area contributed by atoms with Gasteiger partial charge in [0.25, 0.3) is 5.69 Å². The standard InChI is InChI=1S/C14H17N3O5/c18-13(9-16-7-1-2-10(8-16)14(19)20)15-11-3-5-12(6-4-11)17(21)22/h3-6,10H,1-2,7-9H2,(H,15,18)(H,19,20). The maximum absolute atomic E-state index is 11.9. The van der Waals surface area contributed by atoms with Gasteiger partial charge in [0.1, 0.15) is 0 Å². The number of aliphatic carboxylic acids is 1. The van der Waals surface area contributed by atoms with Crippen LogP contribution in [0.1, 0.15) is 12.8 Å². The number of carboxylic acids is 1. The number of non-ortho nitro benzene ring substituents is 1. The van der Waals surface area contributed by atoms with Crippen LogP contribution in [0.4, 0.5) is 11.4 Å². The van der Waals surface area contributed by atoms with Crippen molar-refractivity contribution in [3.8, 4) is 0 Å². The van der Waals surface area contributed by atoms with Gasteiger partial charge in [-0.3, -0.25) is 24.6 Å². The summed E-state index contributed by atoms with van der Waals surface area (Å²) in [4.78, 5) is 34.8. The van der Waals surface area contributed by atoms with Gasteiger partial charge in [-0.25, -0.2) is 0 Å². The van der Waals surface area contributed by atoms with E-state index in [9.17, 15) is 19.7 Å². The summed E-state index contributed by atoms with van der Waals surface area (Å²) in [7, 11) is 0. The van der Waals surface area contributed by atoms with E-state index in [1.807, 2.05) is 4.90 Å². The van der Waals surface area contributed by atoms with Crippen molar-refractivity contribution in [2.45, 2.75) is 12.8 Å². The summed E-state index contributed by atoms with van der Waals surface area (Å²) in [6, 6.07) is 5.56. The van der Waals surface area contributed by atoms with E-state index in [1.54, 1.807) is 0 Å². The van der Waals surface area contributed by atoms with Crippen LogP contribution >= 0.6 is 0 Å². The molecule has 0 saturated carbocycles. The third kappa shape index (κ3) is 4.26. The van der Waals surface area contributed by atoms with E-state index in [-0.39, 0.29) is 18.1 Å². The zero-order chi connectivity index (χ0) is 16.1. The van der Waals surface area contributed by atoms with Crippen LogP contribution in [0.15, 0.2) is 24.3 Å². The molecule has 1 heterocycles. The van der Waals surface area contributed by atoms with Crippen LogP contribution in [-0.2, 0) is 9.59 Å². The Morgan fingerprint density at radius 3 is 2.64 bits per heavy atom. The van der Waals surface area contributed by atoms with Crippen LogP contribution < -0.4 is 5.32 Å². The number of anilines is 1. The number of carboxylic acid groups (broad SMARTS) is 1. The Morgan fingerprint density at radius 2 is 2.05 bits per heavy atom. The number of carbonyl (C=O) groups is 2. The molecule has 22 heavy (non-hydrogen) atoms. The summed E-state index contributed by atoms with van der Waals surface area (Å²) in [5.41, 5.74) is 0.431. The highest BCUT2D eigenvalue weighted by molar-refractivity contribution is 5.92. The summed E-state index contributed by atoms with van der Waals surface area (Å²) >= 11 is 0. The molecule has 8 nitrogen and oxygen atoms in total. The highest BCUT2D eigenvalue weighted by Crippen LogP contribution is 2.17. The van der Waals surface area contributed by atoms with Crippen molar-refractivity contribution in [3.63, 3.8) is 0 Å². The van der Waals surface area contributed by atoms with E-state index in [0.717, 1.165) is 6.42 Å². The van der Waals surface area contributed by atoms with Gasteiger partial charge in [0.2, 0.25) is 5.91 Å². The number of likely N-dealkylation sites (tertiary alicyclic amines) is 1. The molecule has 1 aromatic rings. The molecule has 0 aliphatic carbocycles. The number of benzene rings is 1. The Kier molecular flexibility index (Phi) is 5.05. The lowest BCUT2D eigenvalue weighted by Gasteiger charge is -2.29. The summed E-state index contributed by atoms with van der Waals surface area (Å²) in [5, 5.41) is 22.2. The summed E-state index contributed by atoms with van der Waals surface area (Å²) in [6.07, 6.45) is 1.39. The van der Waals surface area contributed by atoms with Gasteiger partial charge < -0.3 is 10.4 Å². The second-order valence-electron chi connectivity index (χ2n) is 5.26. The minimum atomic E-state index is -0.833. The third-order valence-electron chi connectivity index (χ3n) is 3.58. The Morgan fingerprint density at radius 1 is 1.36 bits per heavy atom. The minimum Gasteiger partial charge on any atom is -0.481 e. The van der Waals surface area contributed by atoms with Crippen molar-refractivity contribution in [1.82, 2.24) is 4.90 Å². The molecule has 1 atom stereocenters. The molecule has 1 amide bonds. The van der Waals surface area contributed by atoms with Gasteiger partial charge in [0, 0.05) is 24.4 Å². The number of hydrogen-bond acceptors (Lipinski definition) is 5. The maximum Gasteiger partial charge on any atom is 0.307 e. The molecule has 1 aliphatic rings. The molecule has 8 heteroatoms. The Labute approximate surface area is 126 Å². The lowest BCUT2D eigenvalue weighted by atomic mass is 9.98. The molecule has 0 radical (unpaired) electrons. The van der Waals surface area contributed by atoms with Crippen molar-refractivity contribution in [2.75, 3.05) is 25.0 Å². The first kappa shape index (κ1) is 15.9. The van der Waals surface area contributed by atoms with E-state index in [2.05, 4.69) is 5.32 Å². The van der Waals surface area contributed by atoms with Gasteiger partial charge in [-0.1, -0.05) is 0 Å². The van der Waals surface area contributed by atoms with Crippen LogP contribution in [0.3, 0.4) is 0 Å². The Balaban J connectivity index is 1.87. The summed E-state index contributed by atoms with van der Waals surface area (Å²) in [5.74, 6) is -1.53. The average molecular weight is 307 g/mol. The van der Waals surface area contributed by atoms with Crippen LogP contribution in [-0.4, -0.2) is 46.4 Å². The van der Waals surface area contributed by atoms with Gasteiger partial charge in [-0.2, -0.15) is 0 Å². The molecule has 1 fully saturated rings. The first-order valence-electron chi connectivity index (χ1n) is 6.95. The number of nitrogens with zero attached hydrogens (tertiary/aromatic N) is 2. The third-order valence-corrected chi connectivity index (χ3v) is 3.58. The smallest absolute Gasteiger partial charge is 0.307 e.